The first-order valence-corrected chi connectivity index (χ1v) is 6.20. The Bertz CT molecular complexity index is 408. The lowest BCUT2D eigenvalue weighted by Crippen LogP contribution is -2.34. The Labute approximate surface area is 105 Å². The number of halogens is 2. The van der Waals surface area contributed by atoms with Crippen molar-refractivity contribution in [3.05, 3.63) is 27.1 Å². The van der Waals surface area contributed by atoms with Gasteiger partial charge in [0.1, 0.15) is 0 Å². The number of carbonyl (C=O) groups excluding carboxylic acids is 1. The number of hydrogen-bond acceptors (Lipinski definition) is 2. The van der Waals surface area contributed by atoms with E-state index in [0.29, 0.717) is 6.54 Å². The van der Waals surface area contributed by atoms with E-state index in [1.54, 1.807) is 4.90 Å². The van der Waals surface area contributed by atoms with Gasteiger partial charge in [-0.3, -0.25) is 4.79 Å². The zero-order chi connectivity index (χ0) is 11.0. The van der Waals surface area contributed by atoms with Crippen LogP contribution < -0.4 is 10.6 Å². The van der Waals surface area contributed by atoms with Gasteiger partial charge < -0.3 is 10.6 Å². The van der Waals surface area contributed by atoms with Gasteiger partial charge in [-0.2, -0.15) is 0 Å². The molecule has 1 aliphatic heterocycles. The number of amides is 1. The second-order valence-electron chi connectivity index (χ2n) is 3.48. The van der Waals surface area contributed by atoms with Gasteiger partial charge in [-0.25, -0.2) is 0 Å². The highest BCUT2D eigenvalue weighted by atomic mass is 79.9. The van der Waals surface area contributed by atoms with E-state index in [0.717, 1.165) is 21.1 Å². The maximum atomic E-state index is 11.7. The molecule has 1 unspecified atom stereocenters. The summed E-state index contributed by atoms with van der Waals surface area (Å²) in [6.45, 7) is 0.690. The normalized spacial score (nSPS) is 21.1. The molecule has 3 nitrogen and oxygen atoms in total. The van der Waals surface area contributed by atoms with Gasteiger partial charge in [0.15, 0.2) is 0 Å². The Kier molecular flexibility index (Phi) is 3.13. The molecule has 0 radical (unpaired) electrons. The minimum atomic E-state index is -0.351. The Morgan fingerprint density at radius 3 is 2.73 bits per heavy atom. The summed E-state index contributed by atoms with van der Waals surface area (Å²) in [6, 6.07) is 5.40. The van der Waals surface area contributed by atoms with Crippen LogP contribution in [0.15, 0.2) is 27.1 Å². The number of nitrogens with two attached hydrogens (primary N) is 1. The second-order valence-corrected chi connectivity index (χ2v) is 5.25. The maximum absolute atomic E-state index is 11.7. The predicted molar refractivity (Wildman–Crippen MR) is 66.8 cm³/mol. The summed E-state index contributed by atoms with van der Waals surface area (Å²) in [5.74, 6) is -0.00574. The zero-order valence-electron chi connectivity index (χ0n) is 7.91. The van der Waals surface area contributed by atoms with Crippen molar-refractivity contribution in [1.29, 1.82) is 0 Å². The van der Waals surface area contributed by atoms with Crippen molar-refractivity contribution in [1.82, 2.24) is 0 Å². The standard InChI is InChI=1S/C10H10Br2N2O/c11-6-1-2-7(12)9(5-6)14-4-3-8(13)10(14)15/h1-2,5,8H,3-4,13H2. The molecule has 1 aliphatic rings. The van der Waals surface area contributed by atoms with E-state index in [1.807, 2.05) is 18.2 Å². The second kappa shape index (κ2) is 4.23. The number of anilines is 1. The highest BCUT2D eigenvalue weighted by Gasteiger charge is 2.30. The monoisotopic (exact) mass is 332 g/mol. The average Bonchev–Trinajstić information content (AvgIpc) is 2.52. The highest BCUT2D eigenvalue weighted by Crippen LogP contribution is 2.31. The highest BCUT2D eigenvalue weighted by molar-refractivity contribution is 9.11. The number of rotatable bonds is 1. The van der Waals surface area contributed by atoms with Gasteiger partial charge in [0, 0.05) is 15.5 Å². The molecule has 2 N–H and O–H groups in total. The molecule has 0 bridgehead atoms. The Hall–Kier alpha value is -0.390. The van der Waals surface area contributed by atoms with Crippen LogP contribution in [0, 0.1) is 0 Å². The lowest BCUT2D eigenvalue weighted by molar-refractivity contribution is -0.118. The molecule has 1 aromatic rings. The minimum absolute atomic E-state index is 0.00574. The summed E-state index contributed by atoms with van der Waals surface area (Å²) in [4.78, 5) is 13.5. The Morgan fingerprint density at radius 2 is 2.13 bits per heavy atom. The summed E-state index contributed by atoms with van der Waals surface area (Å²) < 4.78 is 1.86. The predicted octanol–water partition coefficient (Wildman–Crippen LogP) is 2.28. The van der Waals surface area contributed by atoms with E-state index in [-0.39, 0.29) is 11.9 Å². The van der Waals surface area contributed by atoms with Crippen LogP contribution in [0.25, 0.3) is 0 Å². The molecule has 80 valence electrons. The van der Waals surface area contributed by atoms with Crippen molar-refractivity contribution < 1.29 is 4.79 Å². The fourth-order valence-electron chi connectivity index (χ4n) is 1.63. The number of nitrogens with zero attached hydrogens (tertiary/aromatic N) is 1. The molecule has 1 heterocycles. The largest absolute Gasteiger partial charge is 0.320 e. The molecular weight excluding hydrogens is 324 g/mol. The van der Waals surface area contributed by atoms with Crippen LogP contribution in [0.4, 0.5) is 5.69 Å². The number of carbonyl (C=O) groups is 1. The van der Waals surface area contributed by atoms with E-state index in [9.17, 15) is 4.79 Å². The van der Waals surface area contributed by atoms with E-state index in [2.05, 4.69) is 31.9 Å². The zero-order valence-corrected chi connectivity index (χ0v) is 11.1. The first-order valence-electron chi connectivity index (χ1n) is 4.61. The number of hydrogen-bond donors (Lipinski definition) is 1. The molecule has 5 heteroatoms. The van der Waals surface area contributed by atoms with Crippen molar-refractivity contribution in [2.45, 2.75) is 12.5 Å². The van der Waals surface area contributed by atoms with Gasteiger partial charge in [0.25, 0.3) is 0 Å². The SMILES string of the molecule is NC1CCN(c2cc(Br)ccc2Br)C1=O. The third kappa shape index (κ3) is 2.09. The topological polar surface area (TPSA) is 46.3 Å². The van der Waals surface area contributed by atoms with E-state index in [4.69, 9.17) is 5.73 Å². The lowest BCUT2D eigenvalue weighted by atomic mass is 10.3. The van der Waals surface area contributed by atoms with Crippen LogP contribution in [0.1, 0.15) is 6.42 Å². The van der Waals surface area contributed by atoms with Crippen molar-refractivity contribution in [2.75, 3.05) is 11.4 Å². The minimum Gasteiger partial charge on any atom is -0.320 e. The van der Waals surface area contributed by atoms with E-state index >= 15 is 0 Å². The van der Waals surface area contributed by atoms with Crippen LogP contribution >= 0.6 is 31.9 Å². The van der Waals surface area contributed by atoms with Crippen molar-refractivity contribution in [2.24, 2.45) is 5.73 Å². The fraction of sp³-hybridized carbons (Fsp3) is 0.300. The van der Waals surface area contributed by atoms with Crippen molar-refractivity contribution >= 4 is 43.5 Å². The first kappa shape index (κ1) is 11.1. The maximum Gasteiger partial charge on any atom is 0.243 e. The molecule has 15 heavy (non-hydrogen) atoms. The summed E-state index contributed by atoms with van der Waals surface area (Å²) >= 11 is 6.82. The summed E-state index contributed by atoms with van der Waals surface area (Å²) in [5.41, 5.74) is 6.55. The molecule has 0 spiro atoms. The van der Waals surface area contributed by atoms with Gasteiger partial charge in [-0.1, -0.05) is 15.9 Å². The van der Waals surface area contributed by atoms with Gasteiger partial charge in [-0.15, -0.1) is 0 Å². The van der Waals surface area contributed by atoms with Crippen LogP contribution in [0.5, 0.6) is 0 Å². The molecular formula is C10H10Br2N2O. The van der Waals surface area contributed by atoms with E-state index < -0.39 is 0 Å². The molecule has 1 atom stereocenters. The van der Waals surface area contributed by atoms with Crippen molar-refractivity contribution in [3.8, 4) is 0 Å². The number of benzene rings is 1. The van der Waals surface area contributed by atoms with Gasteiger partial charge in [-0.05, 0) is 40.5 Å². The summed E-state index contributed by atoms with van der Waals surface area (Å²) in [6.07, 6.45) is 0.720. The first-order chi connectivity index (χ1) is 7.09. The van der Waals surface area contributed by atoms with Gasteiger partial charge >= 0.3 is 0 Å². The molecule has 0 saturated carbocycles. The lowest BCUT2D eigenvalue weighted by Gasteiger charge is -2.18. The van der Waals surface area contributed by atoms with Gasteiger partial charge in [0.2, 0.25) is 5.91 Å². The summed E-state index contributed by atoms with van der Waals surface area (Å²) in [5, 5.41) is 0. The smallest absolute Gasteiger partial charge is 0.243 e. The van der Waals surface area contributed by atoms with E-state index in [1.165, 1.54) is 0 Å². The summed E-state index contributed by atoms with van der Waals surface area (Å²) in [7, 11) is 0. The van der Waals surface area contributed by atoms with Gasteiger partial charge in [0.05, 0.1) is 11.7 Å². The molecule has 0 aliphatic carbocycles. The third-order valence-corrected chi connectivity index (χ3v) is 3.61. The van der Waals surface area contributed by atoms with Crippen LogP contribution in [0.2, 0.25) is 0 Å². The quantitative estimate of drug-likeness (QED) is 0.857. The van der Waals surface area contributed by atoms with Crippen LogP contribution in [0.3, 0.4) is 0 Å². The Morgan fingerprint density at radius 1 is 1.40 bits per heavy atom. The van der Waals surface area contributed by atoms with Crippen LogP contribution in [-0.2, 0) is 4.79 Å². The molecule has 0 aromatic heterocycles. The molecule has 1 aromatic carbocycles. The fourth-order valence-corrected chi connectivity index (χ4v) is 2.44. The van der Waals surface area contributed by atoms with Crippen molar-refractivity contribution in [3.63, 3.8) is 0 Å². The Balaban J connectivity index is 2.37. The average molecular weight is 334 g/mol. The third-order valence-electron chi connectivity index (χ3n) is 2.45. The molecule has 1 saturated heterocycles. The van der Waals surface area contributed by atoms with Crippen LogP contribution in [-0.4, -0.2) is 18.5 Å². The molecule has 1 fully saturated rings. The molecule has 2 rings (SSSR count). The molecule has 1 amide bonds.